The number of nitrogens with one attached hydrogen (secondary N) is 2. The van der Waals surface area contributed by atoms with E-state index in [4.69, 9.17) is 5.41 Å². The molecule has 0 radical (unpaired) electrons. The molecule has 1 aliphatic carbocycles. The quantitative estimate of drug-likeness (QED) is 0.751. The molecule has 9 heteroatoms. The highest BCUT2D eigenvalue weighted by molar-refractivity contribution is 6.17. The fourth-order valence-electron chi connectivity index (χ4n) is 4.67. The first kappa shape index (κ1) is 22.4. The van der Waals surface area contributed by atoms with E-state index in [-0.39, 0.29) is 29.4 Å². The van der Waals surface area contributed by atoms with Crippen LogP contribution in [0.15, 0.2) is 35.0 Å². The van der Waals surface area contributed by atoms with E-state index < -0.39 is 11.6 Å². The number of hydrogen-bond donors (Lipinski definition) is 2. The van der Waals surface area contributed by atoms with E-state index in [2.05, 4.69) is 22.3 Å². The van der Waals surface area contributed by atoms with Crippen molar-refractivity contribution in [2.75, 3.05) is 38.5 Å². The molecule has 0 aromatic heterocycles. The van der Waals surface area contributed by atoms with Gasteiger partial charge in [-0.1, -0.05) is 6.08 Å². The van der Waals surface area contributed by atoms with Gasteiger partial charge < -0.3 is 15.1 Å². The molecule has 1 aromatic carbocycles. The van der Waals surface area contributed by atoms with Crippen LogP contribution in [0.2, 0.25) is 0 Å². The van der Waals surface area contributed by atoms with Gasteiger partial charge in [0.2, 0.25) is 11.9 Å². The molecule has 0 spiro atoms. The fourth-order valence-corrected chi connectivity index (χ4v) is 4.67. The lowest BCUT2D eigenvalue weighted by molar-refractivity contribution is -0.138. The third-order valence-electron chi connectivity index (χ3n) is 6.62. The van der Waals surface area contributed by atoms with Gasteiger partial charge in [-0.3, -0.25) is 15.1 Å². The maximum atomic E-state index is 14.2. The monoisotopic (exact) mass is 444 g/mol. The van der Waals surface area contributed by atoms with Gasteiger partial charge in [0, 0.05) is 44.2 Å². The van der Waals surface area contributed by atoms with Gasteiger partial charge in [-0.05, 0) is 51.8 Å². The van der Waals surface area contributed by atoms with Crippen LogP contribution in [0.4, 0.5) is 14.5 Å². The van der Waals surface area contributed by atoms with Crippen LogP contribution >= 0.6 is 0 Å². The number of carbonyl (C=O) groups is 1. The summed E-state index contributed by atoms with van der Waals surface area (Å²) in [6.45, 7) is 5.17. The highest BCUT2D eigenvalue weighted by Crippen LogP contribution is 2.33. The van der Waals surface area contributed by atoms with Gasteiger partial charge in [-0.2, -0.15) is 0 Å². The number of likely N-dealkylation sites (N-methyl/N-ethyl adjacent to an activating group) is 1. The van der Waals surface area contributed by atoms with Gasteiger partial charge in [-0.25, -0.2) is 13.8 Å². The van der Waals surface area contributed by atoms with Gasteiger partial charge >= 0.3 is 0 Å². The summed E-state index contributed by atoms with van der Waals surface area (Å²) in [5.74, 6) is -0.495. The number of anilines is 1. The first-order valence-electron chi connectivity index (χ1n) is 11.2. The molecule has 2 heterocycles. The number of nitrogens with zero attached hydrogens (tertiary/aromatic N) is 4. The van der Waals surface area contributed by atoms with E-state index in [9.17, 15) is 13.6 Å². The molecule has 4 rings (SSSR count). The number of carbonyl (C=O) groups excluding carboxylic acids is 1. The molecule has 1 saturated heterocycles. The lowest BCUT2D eigenvalue weighted by Crippen LogP contribution is -2.51. The fraction of sp³-hybridized carbons (Fsp3) is 0.522. The maximum Gasteiger partial charge on any atom is 0.225 e. The summed E-state index contributed by atoms with van der Waals surface area (Å²) in [6.07, 6.45) is 4.74. The Morgan fingerprint density at radius 2 is 1.84 bits per heavy atom. The predicted octanol–water partition coefficient (Wildman–Crippen LogP) is 3.26. The number of piperazine rings is 1. The lowest BCUT2D eigenvalue weighted by Gasteiger charge is -2.38. The normalized spacial score (nSPS) is 25.9. The van der Waals surface area contributed by atoms with Crippen LogP contribution in [-0.2, 0) is 4.79 Å². The second-order valence-corrected chi connectivity index (χ2v) is 8.71. The van der Waals surface area contributed by atoms with Gasteiger partial charge in [0.15, 0.2) is 5.84 Å². The van der Waals surface area contributed by atoms with Crippen molar-refractivity contribution in [1.82, 2.24) is 14.7 Å². The van der Waals surface area contributed by atoms with Crippen molar-refractivity contribution in [1.29, 1.82) is 5.41 Å². The number of aliphatic imine (C=N–C) groups is 1. The Morgan fingerprint density at radius 1 is 1.16 bits per heavy atom. The number of hydrogen-bond acceptors (Lipinski definition) is 5. The summed E-state index contributed by atoms with van der Waals surface area (Å²) in [4.78, 5) is 23.4. The number of allylic oxidation sites excluding steroid dienone is 1. The topological polar surface area (TPSA) is 75.0 Å². The molecule has 0 atom stereocenters. The average Bonchev–Trinajstić information content (AvgIpc) is 3.10. The van der Waals surface area contributed by atoms with Gasteiger partial charge in [0.1, 0.15) is 17.3 Å². The number of benzene rings is 1. The average molecular weight is 445 g/mol. The second-order valence-electron chi connectivity index (χ2n) is 8.71. The van der Waals surface area contributed by atoms with Gasteiger partial charge in [0.05, 0.1) is 5.69 Å². The summed E-state index contributed by atoms with van der Waals surface area (Å²) < 4.78 is 27.5. The Labute approximate surface area is 187 Å². The first-order valence-corrected chi connectivity index (χ1v) is 11.2. The molecule has 32 heavy (non-hydrogen) atoms. The largest absolute Gasteiger partial charge is 0.340 e. The SMILES string of the molecule is C/C=C1/N=C(Nc2ccc(F)cc2F)N(C2CCC(C(=O)N3CCN(C)CC3)CC2)C1=N. The van der Waals surface area contributed by atoms with Gasteiger partial charge in [0.25, 0.3) is 0 Å². The number of amides is 1. The zero-order valence-corrected chi connectivity index (χ0v) is 18.6. The zero-order valence-electron chi connectivity index (χ0n) is 18.6. The Morgan fingerprint density at radius 3 is 2.47 bits per heavy atom. The highest BCUT2D eigenvalue weighted by atomic mass is 19.1. The predicted molar refractivity (Wildman–Crippen MR) is 121 cm³/mol. The molecule has 0 unspecified atom stereocenters. The van der Waals surface area contributed by atoms with Crippen LogP contribution in [0, 0.1) is 23.0 Å². The van der Waals surface area contributed by atoms with E-state index in [0.29, 0.717) is 11.7 Å². The minimum atomic E-state index is -0.713. The molecule has 1 aromatic rings. The van der Waals surface area contributed by atoms with Crippen molar-refractivity contribution in [2.45, 2.75) is 38.6 Å². The number of guanidine groups is 1. The lowest BCUT2D eigenvalue weighted by atomic mass is 9.84. The van der Waals surface area contributed by atoms with Crippen molar-refractivity contribution >= 4 is 23.4 Å². The molecule has 172 valence electrons. The van der Waals surface area contributed by atoms with Crippen LogP contribution in [-0.4, -0.2) is 71.7 Å². The van der Waals surface area contributed by atoms with Crippen LogP contribution in [0.3, 0.4) is 0 Å². The maximum absolute atomic E-state index is 14.2. The van der Waals surface area contributed by atoms with Gasteiger partial charge in [-0.15, -0.1) is 0 Å². The van der Waals surface area contributed by atoms with Crippen LogP contribution in [0.5, 0.6) is 0 Å². The standard InChI is InChI=1S/C23H30F2N6O/c1-3-19-21(26)31(23(27-19)28-20-9-6-16(24)14-18(20)25)17-7-4-15(5-8-17)22(32)30-12-10-29(2)11-13-30/h3,6,9,14-15,17,26H,4-5,7-8,10-13H2,1-2H3,(H,27,28)/b19-3+,26-21?. The van der Waals surface area contributed by atoms with Crippen molar-refractivity contribution < 1.29 is 13.6 Å². The molecule has 2 N–H and O–H groups in total. The minimum Gasteiger partial charge on any atom is -0.340 e. The van der Waals surface area contributed by atoms with Crippen molar-refractivity contribution in [3.05, 3.63) is 41.6 Å². The third kappa shape index (κ3) is 4.53. The van der Waals surface area contributed by atoms with Crippen LogP contribution in [0.1, 0.15) is 32.6 Å². The molecule has 2 aliphatic heterocycles. The van der Waals surface area contributed by atoms with E-state index >= 15 is 0 Å². The molecule has 2 fully saturated rings. The Hall–Kier alpha value is -2.81. The second kappa shape index (κ2) is 9.36. The first-order chi connectivity index (χ1) is 15.4. The smallest absolute Gasteiger partial charge is 0.225 e. The molecule has 0 bridgehead atoms. The van der Waals surface area contributed by atoms with E-state index in [1.165, 1.54) is 12.1 Å². The number of rotatable bonds is 3. The zero-order chi connectivity index (χ0) is 22.8. The molecule has 3 aliphatic rings. The summed E-state index contributed by atoms with van der Waals surface area (Å²) in [6, 6.07) is 3.32. The summed E-state index contributed by atoms with van der Waals surface area (Å²) >= 11 is 0. The minimum absolute atomic E-state index is 0.00810. The number of halogens is 2. The molecule has 1 saturated carbocycles. The van der Waals surface area contributed by atoms with E-state index in [0.717, 1.165) is 57.9 Å². The van der Waals surface area contributed by atoms with Crippen LogP contribution < -0.4 is 5.32 Å². The molecule has 7 nitrogen and oxygen atoms in total. The van der Waals surface area contributed by atoms with Crippen molar-refractivity contribution in [3.8, 4) is 0 Å². The Bertz CT molecular complexity index is 946. The van der Waals surface area contributed by atoms with Crippen LogP contribution in [0.25, 0.3) is 0 Å². The molecular formula is C23H30F2N6O. The van der Waals surface area contributed by atoms with Crippen molar-refractivity contribution in [2.24, 2.45) is 10.9 Å². The Balaban J connectivity index is 1.43. The van der Waals surface area contributed by atoms with E-state index in [1.54, 1.807) is 17.9 Å². The third-order valence-corrected chi connectivity index (χ3v) is 6.62. The summed E-state index contributed by atoms with van der Waals surface area (Å²) in [7, 11) is 2.07. The Kier molecular flexibility index (Phi) is 6.55. The molecule has 1 amide bonds. The highest BCUT2D eigenvalue weighted by Gasteiger charge is 2.38. The summed E-state index contributed by atoms with van der Waals surface area (Å²) in [5.41, 5.74) is 0.616. The van der Waals surface area contributed by atoms with E-state index in [1.807, 2.05) is 4.90 Å². The number of amidine groups is 1. The molecular weight excluding hydrogens is 414 g/mol. The summed E-state index contributed by atoms with van der Waals surface area (Å²) in [5, 5.41) is 11.5. The van der Waals surface area contributed by atoms with Crippen molar-refractivity contribution in [3.63, 3.8) is 0 Å².